The Morgan fingerprint density at radius 2 is 2.19 bits per heavy atom. The molecule has 0 saturated heterocycles. The van der Waals surface area contributed by atoms with Crippen molar-refractivity contribution in [3.63, 3.8) is 0 Å². The molecule has 16 heavy (non-hydrogen) atoms. The minimum atomic E-state index is -0.635. The number of rotatable bonds is 3. The second-order valence-corrected chi connectivity index (χ2v) is 4.02. The molecule has 2 atom stereocenters. The maximum atomic E-state index is 12.8. The van der Waals surface area contributed by atoms with Gasteiger partial charge in [0.25, 0.3) is 0 Å². The lowest BCUT2D eigenvalue weighted by atomic mass is 9.93. The van der Waals surface area contributed by atoms with Crippen molar-refractivity contribution in [2.24, 2.45) is 5.92 Å². The first-order chi connectivity index (χ1) is 7.65. The van der Waals surface area contributed by atoms with Gasteiger partial charge in [0.05, 0.1) is 12.5 Å². The highest BCUT2D eigenvalue weighted by atomic mass is 19.1. The molecular weight excluding hydrogens is 207 g/mol. The van der Waals surface area contributed by atoms with Gasteiger partial charge in [0, 0.05) is 0 Å². The van der Waals surface area contributed by atoms with Crippen molar-refractivity contribution in [3.8, 4) is 0 Å². The van der Waals surface area contributed by atoms with E-state index in [0.717, 1.165) is 5.56 Å². The highest BCUT2D eigenvalue weighted by Gasteiger charge is 2.60. The van der Waals surface area contributed by atoms with Crippen LogP contribution in [0.3, 0.4) is 0 Å². The quantitative estimate of drug-likeness (QED) is 0.577. The molecule has 2 nitrogen and oxygen atoms in total. The molecule has 0 spiro atoms. The van der Waals surface area contributed by atoms with Crippen molar-refractivity contribution in [1.82, 2.24) is 0 Å². The maximum absolute atomic E-state index is 12.8. The smallest absolute Gasteiger partial charge is 0.316 e. The molecule has 0 aliphatic heterocycles. The van der Waals surface area contributed by atoms with Crippen LogP contribution in [-0.2, 0) is 14.9 Å². The van der Waals surface area contributed by atoms with Gasteiger partial charge in [-0.3, -0.25) is 4.79 Å². The van der Waals surface area contributed by atoms with Crippen molar-refractivity contribution in [2.75, 3.05) is 7.11 Å². The van der Waals surface area contributed by atoms with Gasteiger partial charge in [-0.2, -0.15) is 0 Å². The molecule has 0 aromatic heterocycles. The fraction of sp³-hybridized carbons (Fsp3) is 0.308. The number of benzene rings is 1. The fourth-order valence-electron chi connectivity index (χ4n) is 2.19. The maximum Gasteiger partial charge on any atom is 0.316 e. The number of carbonyl (C=O) groups is 1. The lowest BCUT2D eigenvalue weighted by molar-refractivity contribution is -0.144. The number of halogens is 1. The molecule has 2 rings (SSSR count). The molecule has 1 fully saturated rings. The van der Waals surface area contributed by atoms with E-state index in [1.165, 1.54) is 19.2 Å². The normalized spacial score (nSPS) is 27.2. The van der Waals surface area contributed by atoms with Gasteiger partial charge in [-0.1, -0.05) is 18.2 Å². The van der Waals surface area contributed by atoms with Crippen LogP contribution in [0.4, 0.5) is 4.39 Å². The Labute approximate surface area is 93.7 Å². The summed E-state index contributed by atoms with van der Waals surface area (Å²) in [7, 11) is 1.37. The number of hydrogen-bond acceptors (Lipinski definition) is 2. The lowest BCUT2D eigenvalue weighted by Gasteiger charge is -2.14. The Bertz CT molecular complexity index is 424. The van der Waals surface area contributed by atoms with E-state index in [-0.39, 0.29) is 17.7 Å². The van der Waals surface area contributed by atoms with Crippen LogP contribution in [0.5, 0.6) is 0 Å². The number of ether oxygens (including phenoxy) is 1. The van der Waals surface area contributed by atoms with Crippen molar-refractivity contribution in [3.05, 3.63) is 48.3 Å². The molecular formula is C13H13FO2. The number of allylic oxidation sites excluding steroid dienone is 1. The van der Waals surface area contributed by atoms with Crippen LogP contribution in [0.1, 0.15) is 12.0 Å². The first-order valence-electron chi connectivity index (χ1n) is 5.12. The number of esters is 1. The third-order valence-corrected chi connectivity index (χ3v) is 3.21. The van der Waals surface area contributed by atoms with Crippen LogP contribution in [0.25, 0.3) is 0 Å². The Kier molecular flexibility index (Phi) is 2.54. The summed E-state index contributed by atoms with van der Waals surface area (Å²) in [5.74, 6) is -0.492. The summed E-state index contributed by atoms with van der Waals surface area (Å²) in [6, 6.07) is 5.99. The van der Waals surface area contributed by atoms with Gasteiger partial charge in [0.2, 0.25) is 0 Å². The summed E-state index contributed by atoms with van der Waals surface area (Å²) in [6.07, 6.45) is 2.44. The lowest BCUT2D eigenvalue weighted by Crippen LogP contribution is -2.24. The average molecular weight is 220 g/mol. The molecule has 0 radical (unpaired) electrons. The van der Waals surface area contributed by atoms with Crippen LogP contribution in [0, 0.1) is 11.7 Å². The van der Waals surface area contributed by atoms with E-state index in [2.05, 4.69) is 6.58 Å². The van der Waals surface area contributed by atoms with Gasteiger partial charge in [-0.25, -0.2) is 4.39 Å². The van der Waals surface area contributed by atoms with Gasteiger partial charge in [-0.15, -0.1) is 6.58 Å². The van der Waals surface area contributed by atoms with Crippen molar-refractivity contribution in [1.29, 1.82) is 0 Å². The summed E-state index contributed by atoms with van der Waals surface area (Å²) < 4.78 is 17.6. The molecule has 1 aromatic rings. The predicted octanol–water partition coefficient (Wildman–Crippen LogP) is 2.44. The van der Waals surface area contributed by atoms with E-state index in [1.54, 1.807) is 18.2 Å². The second-order valence-electron chi connectivity index (χ2n) is 4.02. The second kappa shape index (κ2) is 3.74. The molecule has 0 heterocycles. The minimum Gasteiger partial charge on any atom is -0.468 e. The topological polar surface area (TPSA) is 26.3 Å². The molecule has 0 bridgehead atoms. The molecule has 1 aliphatic rings. The summed E-state index contributed by atoms with van der Waals surface area (Å²) in [5, 5.41) is 0. The van der Waals surface area contributed by atoms with Crippen LogP contribution in [0.15, 0.2) is 36.9 Å². The zero-order valence-corrected chi connectivity index (χ0v) is 9.07. The number of methoxy groups -OCH3 is 1. The zero-order chi connectivity index (χ0) is 11.8. The Morgan fingerprint density at radius 3 is 2.62 bits per heavy atom. The van der Waals surface area contributed by atoms with E-state index < -0.39 is 5.41 Å². The Balaban J connectivity index is 2.38. The highest BCUT2D eigenvalue weighted by Crippen LogP contribution is 2.55. The molecule has 0 unspecified atom stereocenters. The molecule has 0 N–H and O–H groups in total. The van der Waals surface area contributed by atoms with Crippen LogP contribution >= 0.6 is 0 Å². The minimum absolute atomic E-state index is 0.0883. The van der Waals surface area contributed by atoms with E-state index in [1.807, 2.05) is 0 Å². The largest absolute Gasteiger partial charge is 0.468 e. The van der Waals surface area contributed by atoms with E-state index >= 15 is 0 Å². The summed E-state index contributed by atoms with van der Waals surface area (Å²) in [5.41, 5.74) is 0.162. The molecule has 3 heteroatoms. The molecule has 1 aliphatic carbocycles. The van der Waals surface area contributed by atoms with Crippen LogP contribution in [-0.4, -0.2) is 13.1 Å². The number of hydrogen-bond donors (Lipinski definition) is 0. The first-order valence-corrected chi connectivity index (χ1v) is 5.12. The monoisotopic (exact) mass is 220 g/mol. The van der Waals surface area contributed by atoms with E-state index in [4.69, 9.17) is 4.74 Å². The summed E-state index contributed by atoms with van der Waals surface area (Å²) in [4.78, 5) is 11.8. The van der Waals surface area contributed by atoms with Crippen molar-refractivity contribution < 1.29 is 13.9 Å². The summed E-state index contributed by atoms with van der Waals surface area (Å²) in [6.45, 7) is 3.70. The predicted molar refractivity (Wildman–Crippen MR) is 58.4 cm³/mol. The molecule has 84 valence electrons. The molecule has 0 amide bonds. The highest BCUT2D eigenvalue weighted by molar-refractivity contribution is 5.88. The Morgan fingerprint density at radius 1 is 1.56 bits per heavy atom. The van der Waals surface area contributed by atoms with Crippen molar-refractivity contribution in [2.45, 2.75) is 11.8 Å². The van der Waals surface area contributed by atoms with Gasteiger partial charge in [-0.05, 0) is 30.0 Å². The third kappa shape index (κ3) is 1.43. The first kappa shape index (κ1) is 10.9. The summed E-state index contributed by atoms with van der Waals surface area (Å²) >= 11 is 0. The van der Waals surface area contributed by atoms with Gasteiger partial charge < -0.3 is 4.74 Å². The average Bonchev–Trinajstić information content (AvgIpc) is 3.04. The van der Waals surface area contributed by atoms with Crippen LogP contribution in [0.2, 0.25) is 0 Å². The van der Waals surface area contributed by atoms with Crippen molar-refractivity contribution >= 4 is 5.97 Å². The van der Waals surface area contributed by atoms with E-state index in [0.29, 0.717) is 6.42 Å². The van der Waals surface area contributed by atoms with Crippen LogP contribution < -0.4 is 0 Å². The molecule has 1 aromatic carbocycles. The standard InChI is InChI=1S/C13H13FO2/c1-3-9-8-13(9,12(15)16-2)10-4-6-11(14)7-5-10/h3-7,9H,1,8H2,2H3/t9-,13+/m0/s1. The van der Waals surface area contributed by atoms with Gasteiger partial charge in [0.15, 0.2) is 0 Å². The zero-order valence-electron chi connectivity index (χ0n) is 9.07. The van der Waals surface area contributed by atoms with Gasteiger partial charge >= 0.3 is 5.97 Å². The SMILES string of the molecule is C=C[C@H]1C[C@]1(C(=O)OC)c1ccc(F)cc1. The van der Waals surface area contributed by atoms with Gasteiger partial charge in [0.1, 0.15) is 5.82 Å². The number of carbonyl (C=O) groups excluding carboxylic acids is 1. The Hall–Kier alpha value is -1.64. The molecule has 1 saturated carbocycles. The fourth-order valence-corrected chi connectivity index (χ4v) is 2.19. The van der Waals surface area contributed by atoms with E-state index in [9.17, 15) is 9.18 Å². The third-order valence-electron chi connectivity index (χ3n) is 3.21.